The Balaban J connectivity index is 2.45. The maximum atomic E-state index is 11.6. The van der Waals surface area contributed by atoms with Crippen molar-refractivity contribution in [2.24, 2.45) is 0 Å². The lowest BCUT2D eigenvalue weighted by Gasteiger charge is -2.06. The second-order valence-corrected chi connectivity index (χ2v) is 3.88. The van der Waals surface area contributed by atoms with Crippen molar-refractivity contribution in [3.8, 4) is 0 Å². The second kappa shape index (κ2) is 3.92. The van der Waals surface area contributed by atoms with Crippen LogP contribution in [-0.4, -0.2) is 17.9 Å². The van der Waals surface area contributed by atoms with Gasteiger partial charge in [-0.25, -0.2) is 0 Å². The Labute approximate surface area is 92.6 Å². The van der Waals surface area contributed by atoms with Gasteiger partial charge in [-0.2, -0.15) is 0 Å². The molecule has 0 unspecified atom stereocenters. The molecule has 2 rings (SSSR count). The minimum Gasteiger partial charge on any atom is -0.355 e. The summed E-state index contributed by atoms with van der Waals surface area (Å²) in [6.07, 6.45) is 2.01. The summed E-state index contributed by atoms with van der Waals surface area (Å²) >= 11 is 0. The van der Waals surface area contributed by atoms with Gasteiger partial charge in [0.05, 0.1) is 4.92 Å². The van der Waals surface area contributed by atoms with Crippen LogP contribution in [0, 0.1) is 10.1 Å². The van der Waals surface area contributed by atoms with E-state index in [2.05, 4.69) is 5.32 Å². The number of hydrogen-bond donors (Lipinski definition) is 1. The lowest BCUT2D eigenvalue weighted by Crippen LogP contribution is -2.19. The number of carbonyl (C=O) groups excluding carboxylic acids is 1. The number of nitro benzene ring substituents is 1. The van der Waals surface area contributed by atoms with Crippen molar-refractivity contribution in [1.29, 1.82) is 0 Å². The quantitative estimate of drug-likeness (QED) is 0.624. The molecule has 16 heavy (non-hydrogen) atoms. The molecular formula is C11H12N2O3. The van der Waals surface area contributed by atoms with Crippen LogP contribution in [0.1, 0.15) is 34.7 Å². The van der Waals surface area contributed by atoms with E-state index in [1.807, 2.05) is 0 Å². The van der Waals surface area contributed by atoms with Crippen molar-refractivity contribution in [2.45, 2.75) is 18.8 Å². The molecule has 1 fully saturated rings. The molecule has 0 saturated heterocycles. The van der Waals surface area contributed by atoms with Gasteiger partial charge >= 0.3 is 0 Å². The monoisotopic (exact) mass is 220 g/mol. The average Bonchev–Trinajstić information content (AvgIpc) is 3.11. The molecule has 0 aliphatic heterocycles. The van der Waals surface area contributed by atoms with Crippen LogP contribution in [-0.2, 0) is 0 Å². The highest BCUT2D eigenvalue weighted by molar-refractivity contribution is 5.96. The first-order valence-corrected chi connectivity index (χ1v) is 5.14. The Morgan fingerprint density at radius 2 is 2.19 bits per heavy atom. The predicted octanol–water partition coefficient (Wildman–Crippen LogP) is 1.83. The third-order valence-corrected chi connectivity index (χ3v) is 2.73. The van der Waals surface area contributed by atoms with Crippen molar-refractivity contribution in [2.75, 3.05) is 7.05 Å². The largest absolute Gasteiger partial charge is 0.355 e. The summed E-state index contributed by atoms with van der Waals surface area (Å²) in [5.74, 6) is 0.129. The Morgan fingerprint density at radius 1 is 1.50 bits per heavy atom. The SMILES string of the molecule is CNC(=O)c1ccc([N+](=O)[O-])cc1C1CC1. The van der Waals surface area contributed by atoms with Gasteiger partial charge in [-0.1, -0.05) is 0 Å². The number of hydrogen-bond acceptors (Lipinski definition) is 3. The molecule has 84 valence electrons. The summed E-state index contributed by atoms with van der Waals surface area (Å²) in [5.41, 5.74) is 1.40. The molecule has 1 aromatic rings. The number of nitro groups is 1. The molecule has 0 bridgehead atoms. The normalized spacial score (nSPS) is 14.6. The second-order valence-electron chi connectivity index (χ2n) is 3.88. The third-order valence-electron chi connectivity index (χ3n) is 2.73. The molecule has 0 radical (unpaired) electrons. The standard InChI is InChI=1S/C11H12N2O3/c1-12-11(14)9-5-4-8(13(15)16)6-10(9)7-2-3-7/h4-7H,2-3H2,1H3,(H,12,14). The van der Waals surface area contributed by atoms with E-state index in [-0.39, 0.29) is 11.6 Å². The minimum atomic E-state index is -0.431. The number of carbonyl (C=O) groups is 1. The van der Waals surface area contributed by atoms with Crippen molar-refractivity contribution >= 4 is 11.6 Å². The topological polar surface area (TPSA) is 72.2 Å². The molecule has 1 aliphatic rings. The van der Waals surface area contributed by atoms with Gasteiger partial charge < -0.3 is 5.32 Å². The molecule has 0 aromatic heterocycles. The number of amides is 1. The summed E-state index contributed by atoms with van der Waals surface area (Å²) in [7, 11) is 1.56. The summed E-state index contributed by atoms with van der Waals surface area (Å²) in [6, 6.07) is 4.42. The van der Waals surface area contributed by atoms with E-state index in [1.54, 1.807) is 7.05 Å². The van der Waals surface area contributed by atoms with Crippen LogP contribution in [0.25, 0.3) is 0 Å². The Hall–Kier alpha value is -1.91. The number of nitrogens with zero attached hydrogens (tertiary/aromatic N) is 1. The molecule has 1 amide bonds. The molecule has 1 N–H and O–H groups in total. The summed E-state index contributed by atoms with van der Waals surface area (Å²) in [5, 5.41) is 13.2. The zero-order valence-corrected chi connectivity index (χ0v) is 8.90. The van der Waals surface area contributed by atoms with Crippen LogP contribution >= 0.6 is 0 Å². The maximum Gasteiger partial charge on any atom is 0.269 e. The average molecular weight is 220 g/mol. The van der Waals surface area contributed by atoms with Crippen molar-refractivity contribution in [3.05, 3.63) is 39.4 Å². The Morgan fingerprint density at radius 3 is 2.69 bits per heavy atom. The van der Waals surface area contributed by atoms with E-state index in [9.17, 15) is 14.9 Å². The van der Waals surface area contributed by atoms with E-state index in [0.29, 0.717) is 11.5 Å². The van der Waals surface area contributed by atoms with Crippen molar-refractivity contribution in [1.82, 2.24) is 5.32 Å². The Kier molecular flexibility index (Phi) is 2.60. The number of rotatable bonds is 3. The van der Waals surface area contributed by atoms with Crippen LogP contribution < -0.4 is 5.32 Å². The first-order chi connectivity index (χ1) is 7.63. The highest BCUT2D eigenvalue weighted by Crippen LogP contribution is 2.42. The minimum absolute atomic E-state index is 0.0505. The highest BCUT2D eigenvalue weighted by atomic mass is 16.6. The van der Waals surface area contributed by atoms with Gasteiger partial charge in [0.25, 0.3) is 11.6 Å². The van der Waals surface area contributed by atoms with E-state index >= 15 is 0 Å². The van der Waals surface area contributed by atoms with Gasteiger partial charge in [0, 0.05) is 24.7 Å². The van der Waals surface area contributed by atoms with Gasteiger partial charge in [-0.3, -0.25) is 14.9 Å². The van der Waals surface area contributed by atoms with Crippen LogP contribution in [0.15, 0.2) is 18.2 Å². The van der Waals surface area contributed by atoms with Gasteiger partial charge in [0.1, 0.15) is 0 Å². The molecule has 0 heterocycles. The summed E-state index contributed by atoms with van der Waals surface area (Å²) < 4.78 is 0. The van der Waals surface area contributed by atoms with Crippen molar-refractivity contribution in [3.63, 3.8) is 0 Å². The first kappa shape index (κ1) is 10.6. The fourth-order valence-corrected chi connectivity index (χ4v) is 1.74. The number of benzene rings is 1. The molecule has 1 saturated carbocycles. The van der Waals surface area contributed by atoms with E-state index in [0.717, 1.165) is 18.4 Å². The maximum absolute atomic E-state index is 11.6. The van der Waals surface area contributed by atoms with Crippen molar-refractivity contribution < 1.29 is 9.72 Å². The number of non-ortho nitro benzene ring substituents is 1. The molecule has 0 atom stereocenters. The highest BCUT2D eigenvalue weighted by Gasteiger charge is 2.29. The van der Waals surface area contributed by atoms with Gasteiger partial charge in [-0.15, -0.1) is 0 Å². The molecule has 5 nitrogen and oxygen atoms in total. The van der Waals surface area contributed by atoms with E-state index < -0.39 is 4.92 Å². The lowest BCUT2D eigenvalue weighted by atomic mass is 10.0. The van der Waals surface area contributed by atoms with Crippen LogP contribution in [0.3, 0.4) is 0 Å². The van der Waals surface area contributed by atoms with Crippen LogP contribution in [0.2, 0.25) is 0 Å². The van der Waals surface area contributed by atoms with Gasteiger partial charge in [0.2, 0.25) is 0 Å². The summed E-state index contributed by atoms with van der Waals surface area (Å²) in [4.78, 5) is 21.8. The lowest BCUT2D eigenvalue weighted by molar-refractivity contribution is -0.384. The van der Waals surface area contributed by atoms with Gasteiger partial charge in [-0.05, 0) is 30.4 Å². The third kappa shape index (κ3) is 1.88. The van der Waals surface area contributed by atoms with Crippen LogP contribution in [0.4, 0.5) is 5.69 Å². The fourth-order valence-electron chi connectivity index (χ4n) is 1.74. The molecule has 1 aliphatic carbocycles. The molecule has 5 heteroatoms. The first-order valence-electron chi connectivity index (χ1n) is 5.14. The van der Waals surface area contributed by atoms with Gasteiger partial charge in [0.15, 0.2) is 0 Å². The smallest absolute Gasteiger partial charge is 0.269 e. The zero-order chi connectivity index (χ0) is 11.7. The van der Waals surface area contributed by atoms with E-state index in [1.165, 1.54) is 18.2 Å². The predicted molar refractivity (Wildman–Crippen MR) is 58.5 cm³/mol. The zero-order valence-electron chi connectivity index (χ0n) is 8.90. The molecule has 0 spiro atoms. The number of nitrogens with one attached hydrogen (secondary N) is 1. The van der Waals surface area contributed by atoms with Crippen LogP contribution in [0.5, 0.6) is 0 Å². The molecular weight excluding hydrogens is 208 g/mol. The summed E-state index contributed by atoms with van der Waals surface area (Å²) in [6.45, 7) is 0. The van der Waals surface area contributed by atoms with E-state index in [4.69, 9.17) is 0 Å². The Bertz CT molecular complexity index is 453. The fraction of sp³-hybridized carbons (Fsp3) is 0.364. The molecule has 1 aromatic carbocycles.